The van der Waals surface area contributed by atoms with Crippen LogP contribution < -0.4 is 5.32 Å². The summed E-state index contributed by atoms with van der Waals surface area (Å²) in [4.78, 5) is 4.33. The van der Waals surface area contributed by atoms with Gasteiger partial charge in [0.05, 0.1) is 11.4 Å². The molecule has 0 spiro atoms. The van der Waals surface area contributed by atoms with Gasteiger partial charge in [-0.25, -0.2) is 9.37 Å². The van der Waals surface area contributed by atoms with E-state index in [0.717, 1.165) is 11.3 Å². The van der Waals surface area contributed by atoms with Gasteiger partial charge in [0.15, 0.2) is 0 Å². The van der Waals surface area contributed by atoms with Crippen molar-refractivity contribution in [1.29, 1.82) is 0 Å². The van der Waals surface area contributed by atoms with Crippen molar-refractivity contribution in [2.75, 3.05) is 5.32 Å². The molecule has 0 aliphatic carbocycles. The minimum Gasteiger partial charge on any atom is -0.323 e. The summed E-state index contributed by atoms with van der Waals surface area (Å²) in [5.74, 6) is 0.343. The number of aryl methyl sites for hydroxylation is 2. The zero-order chi connectivity index (χ0) is 13.1. The molecule has 4 heteroatoms. The number of hydrogen-bond acceptors (Lipinski definition) is 2. The smallest absolute Gasteiger partial charge is 0.207 e. The van der Waals surface area contributed by atoms with Crippen molar-refractivity contribution < 1.29 is 4.39 Å². The van der Waals surface area contributed by atoms with Crippen LogP contribution in [0.3, 0.4) is 0 Å². The highest BCUT2D eigenvalue weighted by atomic mass is 19.1. The summed E-state index contributed by atoms with van der Waals surface area (Å²) in [7, 11) is 0. The van der Waals surface area contributed by atoms with E-state index >= 15 is 0 Å². The van der Waals surface area contributed by atoms with Gasteiger partial charge >= 0.3 is 0 Å². The molecule has 3 nitrogen and oxygen atoms in total. The molecule has 1 N–H and O–H groups in total. The summed E-state index contributed by atoms with van der Waals surface area (Å²) >= 11 is 0. The van der Waals surface area contributed by atoms with Gasteiger partial charge in [0.25, 0.3) is 0 Å². The van der Waals surface area contributed by atoms with Crippen molar-refractivity contribution in [3.63, 3.8) is 0 Å². The Labute approximate surface area is 106 Å². The molecule has 0 aliphatic rings. The molecule has 94 valence electrons. The molecule has 1 aromatic carbocycles. The van der Waals surface area contributed by atoms with E-state index < -0.39 is 0 Å². The molecular weight excluding hydrogens is 229 g/mol. The first-order valence-electron chi connectivity index (χ1n) is 5.78. The SMILES string of the molecule is C=CCn1cc(C)nc1Nc1ccc(C)cc1F. The Balaban J connectivity index is 2.30. The fourth-order valence-electron chi connectivity index (χ4n) is 1.77. The highest BCUT2D eigenvalue weighted by molar-refractivity contribution is 5.55. The van der Waals surface area contributed by atoms with Gasteiger partial charge in [0.2, 0.25) is 5.95 Å². The molecule has 0 bridgehead atoms. The van der Waals surface area contributed by atoms with Crippen LogP contribution in [0.1, 0.15) is 11.3 Å². The Bertz CT molecular complexity index is 572. The average Bonchev–Trinajstić information content (AvgIpc) is 2.64. The second kappa shape index (κ2) is 5.04. The maximum absolute atomic E-state index is 13.7. The van der Waals surface area contributed by atoms with Crippen LogP contribution in [0.15, 0.2) is 37.1 Å². The molecule has 0 atom stereocenters. The molecule has 0 saturated heterocycles. The highest BCUT2D eigenvalue weighted by Crippen LogP contribution is 2.20. The van der Waals surface area contributed by atoms with Crippen molar-refractivity contribution >= 4 is 11.6 Å². The Hall–Kier alpha value is -2.10. The predicted octanol–water partition coefficient (Wildman–Crippen LogP) is 3.57. The minimum atomic E-state index is -0.277. The van der Waals surface area contributed by atoms with E-state index in [1.807, 2.05) is 30.7 Å². The number of benzene rings is 1. The molecule has 1 heterocycles. The lowest BCUT2D eigenvalue weighted by atomic mass is 10.2. The summed E-state index contributed by atoms with van der Waals surface area (Å²) in [6.45, 7) is 8.08. The summed E-state index contributed by atoms with van der Waals surface area (Å²) < 4.78 is 15.6. The summed E-state index contributed by atoms with van der Waals surface area (Å²) in [6.07, 6.45) is 3.67. The lowest BCUT2D eigenvalue weighted by Gasteiger charge is -2.09. The van der Waals surface area contributed by atoms with Crippen molar-refractivity contribution in [2.45, 2.75) is 20.4 Å². The normalized spacial score (nSPS) is 10.4. The summed E-state index contributed by atoms with van der Waals surface area (Å²) in [5, 5.41) is 3.00. The monoisotopic (exact) mass is 245 g/mol. The standard InChI is InChI=1S/C14H16FN3/c1-4-7-18-9-11(3)16-14(18)17-13-6-5-10(2)8-12(13)15/h4-6,8-9H,1,7H2,2-3H3,(H,16,17). The molecule has 18 heavy (non-hydrogen) atoms. The van der Waals surface area contributed by atoms with E-state index in [1.165, 1.54) is 6.07 Å². The van der Waals surface area contributed by atoms with Crippen LogP contribution in [0.5, 0.6) is 0 Å². The predicted molar refractivity (Wildman–Crippen MR) is 71.6 cm³/mol. The number of nitrogens with one attached hydrogen (secondary N) is 1. The average molecular weight is 245 g/mol. The van der Waals surface area contributed by atoms with Crippen molar-refractivity contribution in [3.8, 4) is 0 Å². The van der Waals surface area contributed by atoms with E-state index in [1.54, 1.807) is 12.1 Å². The molecule has 0 unspecified atom stereocenters. The Morgan fingerprint density at radius 1 is 1.44 bits per heavy atom. The van der Waals surface area contributed by atoms with E-state index in [0.29, 0.717) is 18.2 Å². The third-order valence-electron chi connectivity index (χ3n) is 2.59. The number of aromatic nitrogens is 2. The van der Waals surface area contributed by atoms with E-state index in [2.05, 4.69) is 16.9 Å². The number of hydrogen-bond donors (Lipinski definition) is 1. The van der Waals surface area contributed by atoms with Gasteiger partial charge in [-0.1, -0.05) is 12.1 Å². The third-order valence-corrected chi connectivity index (χ3v) is 2.59. The van der Waals surface area contributed by atoms with Gasteiger partial charge in [0.1, 0.15) is 5.82 Å². The molecule has 0 radical (unpaired) electrons. The van der Waals surface area contributed by atoms with Crippen LogP contribution in [0, 0.1) is 19.7 Å². The number of halogens is 1. The number of allylic oxidation sites excluding steroid dienone is 1. The Kier molecular flexibility index (Phi) is 3.46. The molecule has 2 aromatic rings. The lowest BCUT2D eigenvalue weighted by Crippen LogP contribution is -2.03. The zero-order valence-corrected chi connectivity index (χ0v) is 10.6. The lowest BCUT2D eigenvalue weighted by molar-refractivity contribution is 0.630. The van der Waals surface area contributed by atoms with Gasteiger partial charge in [-0.2, -0.15) is 0 Å². The first kappa shape index (κ1) is 12.4. The maximum Gasteiger partial charge on any atom is 0.207 e. The number of imidazole rings is 1. The van der Waals surface area contributed by atoms with Crippen molar-refractivity contribution in [3.05, 3.63) is 54.1 Å². The largest absolute Gasteiger partial charge is 0.323 e. The van der Waals surface area contributed by atoms with Crippen LogP contribution in [-0.4, -0.2) is 9.55 Å². The quantitative estimate of drug-likeness (QED) is 0.834. The molecular formula is C14H16FN3. The molecule has 0 fully saturated rings. The van der Waals surface area contributed by atoms with Crippen LogP contribution in [0.25, 0.3) is 0 Å². The summed E-state index contributed by atoms with van der Waals surface area (Å²) in [6, 6.07) is 5.07. The van der Waals surface area contributed by atoms with E-state index in [4.69, 9.17) is 0 Å². The maximum atomic E-state index is 13.7. The van der Waals surface area contributed by atoms with Gasteiger partial charge in [0, 0.05) is 12.7 Å². The van der Waals surface area contributed by atoms with Gasteiger partial charge in [-0.3, -0.25) is 0 Å². The van der Waals surface area contributed by atoms with Crippen molar-refractivity contribution in [2.24, 2.45) is 0 Å². The van der Waals surface area contributed by atoms with Gasteiger partial charge in [-0.05, 0) is 31.5 Å². The minimum absolute atomic E-state index is 0.277. The molecule has 0 saturated carbocycles. The second-order valence-electron chi connectivity index (χ2n) is 4.26. The molecule has 0 amide bonds. The van der Waals surface area contributed by atoms with Gasteiger partial charge in [-0.15, -0.1) is 6.58 Å². The van der Waals surface area contributed by atoms with Crippen LogP contribution in [0.4, 0.5) is 16.0 Å². The second-order valence-corrected chi connectivity index (χ2v) is 4.26. The number of rotatable bonds is 4. The van der Waals surface area contributed by atoms with Crippen LogP contribution in [-0.2, 0) is 6.54 Å². The Morgan fingerprint density at radius 3 is 2.89 bits per heavy atom. The van der Waals surface area contributed by atoms with Crippen molar-refractivity contribution in [1.82, 2.24) is 9.55 Å². The number of anilines is 2. The van der Waals surface area contributed by atoms with Crippen LogP contribution >= 0.6 is 0 Å². The molecule has 0 aliphatic heterocycles. The molecule has 1 aromatic heterocycles. The third kappa shape index (κ3) is 2.59. The first-order valence-corrected chi connectivity index (χ1v) is 5.78. The van der Waals surface area contributed by atoms with Gasteiger partial charge < -0.3 is 9.88 Å². The summed E-state index contributed by atoms with van der Waals surface area (Å²) in [5.41, 5.74) is 2.20. The Morgan fingerprint density at radius 2 is 2.22 bits per heavy atom. The van der Waals surface area contributed by atoms with E-state index in [9.17, 15) is 4.39 Å². The highest BCUT2D eigenvalue weighted by Gasteiger charge is 2.08. The van der Waals surface area contributed by atoms with E-state index in [-0.39, 0.29) is 5.82 Å². The first-order chi connectivity index (χ1) is 8.60. The number of nitrogens with zero attached hydrogens (tertiary/aromatic N) is 2. The molecule has 2 rings (SSSR count). The topological polar surface area (TPSA) is 29.9 Å². The fourth-order valence-corrected chi connectivity index (χ4v) is 1.77. The van der Waals surface area contributed by atoms with Crippen LogP contribution in [0.2, 0.25) is 0 Å². The fraction of sp³-hybridized carbons (Fsp3) is 0.214. The zero-order valence-electron chi connectivity index (χ0n) is 10.6.